The monoisotopic (exact) mass is 253 g/mol. The molecule has 0 aliphatic carbocycles. The van der Waals surface area contributed by atoms with Gasteiger partial charge in [-0.3, -0.25) is 9.59 Å². The van der Waals surface area contributed by atoms with E-state index in [0.717, 1.165) is 0 Å². The van der Waals surface area contributed by atoms with E-state index in [9.17, 15) is 9.59 Å². The fourth-order valence-corrected chi connectivity index (χ4v) is 1.24. The number of carboxylic acids is 1. The van der Waals surface area contributed by atoms with E-state index in [2.05, 4.69) is 0 Å². The molecule has 0 bridgehead atoms. The second-order valence-electron chi connectivity index (χ2n) is 3.66. The van der Waals surface area contributed by atoms with E-state index in [-0.39, 0.29) is 13.2 Å². The Labute approximate surface area is 104 Å². The second kappa shape index (κ2) is 6.73. The summed E-state index contributed by atoms with van der Waals surface area (Å²) >= 11 is 0. The standard InChI is InChI=1S/C12H15NO5/c1-8(14)18-11-5-3-2-4-9(11)6-17-7-10(13)12(15)16/h2-5,10H,6-7,13H2,1H3,(H,15,16). The van der Waals surface area contributed by atoms with Gasteiger partial charge >= 0.3 is 11.9 Å². The molecular formula is C12H15NO5. The third-order valence-corrected chi connectivity index (χ3v) is 2.10. The highest BCUT2D eigenvalue weighted by atomic mass is 16.5. The van der Waals surface area contributed by atoms with Crippen molar-refractivity contribution in [2.24, 2.45) is 5.73 Å². The summed E-state index contributed by atoms with van der Waals surface area (Å²) in [6, 6.07) is 5.79. The van der Waals surface area contributed by atoms with E-state index >= 15 is 0 Å². The summed E-state index contributed by atoms with van der Waals surface area (Å²) in [5, 5.41) is 8.58. The molecule has 1 atom stereocenters. The Hall–Kier alpha value is -1.92. The van der Waals surface area contributed by atoms with E-state index in [1.165, 1.54) is 6.92 Å². The predicted molar refractivity (Wildman–Crippen MR) is 63.0 cm³/mol. The number of carbonyl (C=O) groups excluding carboxylic acids is 1. The highest BCUT2D eigenvalue weighted by molar-refractivity contribution is 5.73. The molecule has 18 heavy (non-hydrogen) atoms. The highest BCUT2D eigenvalue weighted by Crippen LogP contribution is 2.18. The van der Waals surface area contributed by atoms with Gasteiger partial charge in [0.05, 0.1) is 13.2 Å². The average Bonchev–Trinajstić information content (AvgIpc) is 2.30. The minimum absolute atomic E-state index is 0.107. The molecule has 0 saturated heterocycles. The van der Waals surface area contributed by atoms with Gasteiger partial charge in [0.15, 0.2) is 0 Å². The molecule has 0 saturated carbocycles. The van der Waals surface area contributed by atoms with Crippen molar-refractivity contribution in [3.8, 4) is 5.75 Å². The van der Waals surface area contributed by atoms with Gasteiger partial charge in [-0.25, -0.2) is 0 Å². The van der Waals surface area contributed by atoms with Gasteiger partial charge in [-0.15, -0.1) is 0 Å². The summed E-state index contributed by atoms with van der Waals surface area (Å²) in [7, 11) is 0. The lowest BCUT2D eigenvalue weighted by atomic mass is 10.2. The zero-order chi connectivity index (χ0) is 13.5. The summed E-state index contributed by atoms with van der Waals surface area (Å²) in [5.74, 6) is -1.15. The van der Waals surface area contributed by atoms with Gasteiger partial charge in [0.1, 0.15) is 11.8 Å². The van der Waals surface area contributed by atoms with Gasteiger partial charge in [0, 0.05) is 12.5 Å². The SMILES string of the molecule is CC(=O)Oc1ccccc1COCC(N)C(=O)O. The Bertz CT molecular complexity index is 432. The first-order valence-corrected chi connectivity index (χ1v) is 5.33. The fourth-order valence-electron chi connectivity index (χ4n) is 1.24. The average molecular weight is 253 g/mol. The van der Waals surface area contributed by atoms with Crippen molar-refractivity contribution in [2.75, 3.05) is 6.61 Å². The van der Waals surface area contributed by atoms with Gasteiger partial charge in [-0.05, 0) is 6.07 Å². The number of benzene rings is 1. The highest BCUT2D eigenvalue weighted by Gasteiger charge is 2.12. The number of para-hydroxylation sites is 1. The van der Waals surface area contributed by atoms with Crippen LogP contribution in [0.5, 0.6) is 5.75 Å². The number of ether oxygens (including phenoxy) is 2. The van der Waals surface area contributed by atoms with Crippen LogP contribution in [0.3, 0.4) is 0 Å². The Morgan fingerprint density at radius 3 is 2.67 bits per heavy atom. The smallest absolute Gasteiger partial charge is 0.322 e. The van der Waals surface area contributed by atoms with Gasteiger partial charge < -0.3 is 20.3 Å². The zero-order valence-electron chi connectivity index (χ0n) is 9.96. The van der Waals surface area contributed by atoms with E-state index in [1.807, 2.05) is 0 Å². The van der Waals surface area contributed by atoms with Crippen molar-refractivity contribution in [3.63, 3.8) is 0 Å². The molecule has 0 fully saturated rings. The summed E-state index contributed by atoms with van der Waals surface area (Å²) in [5.41, 5.74) is 5.95. The van der Waals surface area contributed by atoms with Crippen LogP contribution < -0.4 is 10.5 Å². The van der Waals surface area contributed by atoms with Crippen molar-refractivity contribution in [1.29, 1.82) is 0 Å². The second-order valence-corrected chi connectivity index (χ2v) is 3.66. The first-order chi connectivity index (χ1) is 8.50. The zero-order valence-corrected chi connectivity index (χ0v) is 9.96. The topological polar surface area (TPSA) is 98.9 Å². The molecule has 1 aromatic carbocycles. The van der Waals surface area contributed by atoms with Crippen LogP contribution in [-0.2, 0) is 20.9 Å². The molecule has 1 rings (SSSR count). The number of nitrogens with two attached hydrogens (primary N) is 1. The maximum atomic E-state index is 10.9. The number of carboxylic acid groups (broad SMARTS) is 1. The quantitative estimate of drug-likeness (QED) is 0.567. The molecule has 0 spiro atoms. The van der Waals surface area contributed by atoms with Crippen LogP contribution in [0.15, 0.2) is 24.3 Å². The molecule has 6 heteroatoms. The summed E-state index contributed by atoms with van der Waals surface area (Å²) < 4.78 is 10.2. The predicted octanol–water partition coefficient (Wildman–Crippen LogP) is 0.540. The fraction of sp³-hybridized carbons (Fsp3) is 0.333. The largest absolute Gasteiger partial charge is 0.480 e. The molecule has 1 unspecified atom stereocenters. The van der Waals surface area contributed by atoms with Crippen LogP contribution in [-0.4, -0.2) is 29.7 Å². The first kappa shape index (κ1) is 14.1. The van der Waals surface area contributed by atoms with Crippen LogP contribution in [0.25, 0.3) is 0 Å². The molecule has 0 amide bonds. The molecule has 0 radical (unpaired) electrons. The van der Waals surface area contributed by atoms with Crippen LogP contribution in [0.1, 0.15) is 12.5 Å². The number of hydrogen-bond acceptors (Lipinski definition) is 5. The Morgan fingerprint density at radius 1 is 1.39 bits per heavy atom. The molecule has 0 aliphatic heterocycles. The lowest BCUT2D eigenvalue weighted by Gasteiger charge is -2.10. The molecule has 0 aliphatic rings. The molecule has 0 aromatic heterocycles. The summed E-state index contributed by atoms with van der Waals surface area (Å²) in [6.07, 6.45) is 0. The van der Waals surface area contributed by atoms with Crippen molar-refractivity contribution in [3.05, 3.63) is 29.8 Å². The van der Waals surface area contributed by atoms with Crippen molar-refractivity contribution in [2.45, 2.75) is 19.6 Å². The number of aliphatic carboxylic acids is 1. The van der Waals surface area contributed by atoms with Crippen LogP contribution >= 0.6 is 0 Å². The molecule has 6 nitrogen and oxygen atoms in total. The van der Waals surface area contributed by atoms with Crippen LogP contribution in [0, 0.1) is 0 Å². The van der Waals surface area contributed by atoms with Crippen LogP contribution in [0.4, 0.5) is 0 Å². The number of hydrogen-bond donors (Lipinski definition) is 2. The van der Waals surface area contributed by atoms with E-state index < -0.39 is 18.0 Å². The summed E-state index contributed by atoms with van der Waals surface area (Å²) in [6.45, 7) is 1.33. The van der Waals surface area contributed by atoms with Crippen molar-refractivity contribution < 1.29 is 24.2 Å². The van der Waals surface area contributed by atoms with Crippen molar-refractivity contribution in [1.82, 2.24) is 0 Å². The van der Waals surface area contributed by atoms with E-state index in [1.54, 1.807) is 24.3 Å². The van der Waals surface area contributed by atoms with Crippen molar-refractivity contribution >= 4 is 11.9 Å². The maximum absolute atomic E-state index is 10.9. The molecule has 0 heterocycles. The maximum Gasteiger partial charge on any atom is 0.322 e. The Morgan fingerprint density at radius 2 is 2.06 bits per heavy atom. The molecule has 1 aromatic rings. The number of carbonyl (C=O) groups is 2. The molecule has 3 N–H and O–H groups in total. The molecular weight excluding hydrogens is 238 g/mol. The van der Waals surface area contributed by atoms with Crippen LogP contribution in [0.2, 0.25) is 0 Å². The lowest BCUT2D eigenvalue weighted by Crippen LogP contribution is -2.34. The lowest BCUT2D eigenvalue weighted by molar-refractivity contribution is -0.140. The van der Waals surface area contributed by atoms with E-state index in [4.69, 9.17) is 20.3 Å². The van der Waals surface area contributed by atoms with Gasteiger partial charge in [-0.1, -0.05) is 18.2 Å². The number of esters is 1. The Balaban J connectivity index is 2.56. The Kier molecular flexibility index (Phi) is 5.29. The van der Waals surface area contributed by atoms with Gasteiger partial charge in [-0.2, -0.15) is 0 Å². The van der Waals surface area contributed by atoms with Gasteiger partial charge in [0.25, 0.3) is 0 Å². The minimum atomic E-state index is -1.12. The molecule has 98 valence electrons. The van der Waals surface area contributed by atoms with Gasteiger partial charge in [0.2, 0.25) is 0 Å². The third kappa shape index (κ3) is 4.52. The number of rotatable bonds is 6. The first-order valence-electron chi connectivity index (χ1n) is 5.33. The summed E-state index contributed by atoms with van der Waals surface area (Å²) in [4.78, 5) is 21.4. The minimum Gasteiger partial charge on any atom is -0.480 e. The van der Waals surface area contributed by atoms with E-state index in [0.29, 0.717) is 11.3 Å². The third-order valence-electron chi connectivity index (χ3n) is 2.10. The normalized spacial score (nSPS) is 11.9.